The van der Waals surface area contributed by atoms with Gasteiger partial charge >= 0.3 is 0 Å². The quantitative estimate of drug-likeness (QED) is 0.0767. The van der Waals surface area contributed by atoms with Gasteiger partial charge in [0.05, 0.1) is 46.2 Å². The van der Waals surface area contributed by atoms with Gasteiger partial charge in [-0.05, 0) is 106 Å². The third-order valence-electron chi connectivity index (χ3n) is 14.9. The zero-order valence-corrected chi connectivity index (χ0v) is 44.6. The van der Waals surface area contributed by atoms with Gasteiger partial charge in [-0.1, -0.05) is 57.2 Å². The average Bonchev–Trinajstić information content (AvgIpc) is 3.96. The van der Waals surface area contributed by atoms with Gasteiger partial charge < -0.3 is 40.5 Å². The molecule has 4 aromatic rings. The van der Waals surface area contributed by atoms with E-state index in [1.165, 1.54) is 17.5 Å². The van der Waals surface area contributed by atoms with Crippen LogP contribution in [0.2, 0.25) is 0 Å². The number of benzene rings is 2. The average molecular weight is 1040 g/mol. The number of aryl methyl sites for hydroxylation is 1. The molecular formula is C53H72N10O8S2. The number of carbonyl (C=O) groups excluding carboxylic acids is 4. The monoisotopic (exact) mass is 1040 g/mol. The van der Waals surface area contributed by atoms with Crippen molar-refractivity contribution < 1.29 is 37.4 Å². The van der Waals surface area contributed by atoms with E-state index in [4.69, 9.17) is 4.74 Å². The minimum Gasteiger partial charge on any atom is -0.451 e. The van der Waals surface area contributed by atoms with Crippen molar-refractivity contribution in [3.63, 3.8) is 0 Å². The smallest absolute Gasteiger partial charge is 0.255 e. The minimum atomic E-state index is -3.18. The summed E-state index contributed by atoms with van der Waals surface area (Å²) in [6, 6.07) is 12.6. The Labute approximate surface area is 433 Å². The number of likely N-dealkylation sites (tertiary alicyclic amines) is 2. The van der Waals surface area contributed by atoms with Gasteiger partial charge in [-0.3, -0.25) is 19.2 Å². The molecule has 0 radical (unpaired) electrons. The van der Waals surface area contributed by atoms with E-state index in [2.05, 4.69) is 45.4 Å². The summed E-state index contributed by atoms with van der Waals surface area (Å²) in [6.45, 7) is 14.3. The van der Waals surface area contributed by atoms with Gasteiger partial charge in [-0.15, -0.1) is 11.3 Å². The number of hydrogen-bond acceptors (Lipinski definition) is 14. The van der Waals surface area contributed by atoms with Gasteiger partial charge in [0, 0.05) is 57.0 Å². The van der Waals surface area contributed by atoms with E-state index in [9.17, 15) is 32.7 Å². The Morgan fingerprint density at radius 3 is 2.34 bits per heavy atom. The molecule has 2 aromatic heterocycles. The molecule has 4 atom stereocenters. The topological polar surface area (TPSA) is 228 Å². The Kier molecular flexibility index (Phi) is 16.9. The fraction of sp³-hybridized carbons (Fsp3) is 0.566. The molecule has 2 aromatic carbocycles. The molecule has 1 aliphatic carbocycles. The van der Waals surface area contributed by atoms with Gasteiger partial charge in [-0.25, -0.2) is 28.1 Å². The van der Waals surface area contributed by atoms with Crippen LogP contribution in [0.3, 0.4) is 0 Å². The number of hydrogen-bond donors (Lipinski definition) is 5. The Morgan fingerprint density at radius 2 is 1.67 bits per heavy atom. The minimum absolute atomic E-state index is 0.0254. The summed E-state index contributed by atoms with van der Waals surface area (Å²) in [7, 11) is -3.18. The van der Waals surface area contributed by atoms with Crippen LogP contribution in [0.15, 0.2) is 66.6 Å². The lowest BCUT2D eigenvalue weighted by atomic mass is 9.71. The highest BCUT2D eigenvalue weighted by molar-refractivity contribution is 7.88. The van der Waals surface area contributed by atoms with Crippen LogP contribution >= 0.6 is 11.3 Å². The van der Waals surface area contributed by atoms with Crippen LogP contribution in [0.1, 0.15) is 113 Å². The van der Waals surface area contributed by atoms with Crippen LogP contribution in [-0.2, 0) is 24.4 Å². The fourth-order valence-electron chi connectivity index (χ4n) is 10.8. The number of nitrogens with one attached hydrogen (secondary N) is 4. The molecule has 3 saturated heterocycles. The van der Waals surface area contributed by atoms with Crippen molar-refractivity contribution in [3.05, 3.63) is 83.4 Å². The lowest BCUT2D eigenvalue weighted by Gasteiger charge is -2.54. The molecule has 3 aliphatic heterocycles. The standard InChI is InChI=1S/C53H72N10O8S2/c1-34(37-15-17-38(18-16-37)46-35(2)57-33-72-46)58-50(67)42-26-40(64)29-63(42)51(68)47(52(3,4)5)59-45(65)12-9-23-55-49(66)41-10-7-8-11-43(41)71-44-27-54-32-56-48(44)62-30-53(31-62)21-24-61(25-22-53)28-36-13-19-39(20-14-36)60-73(6,69)70/h7-8,10-11,15-18,27,32-34,36,39-40,42,47,60,64H,9,12-14,19-26,28-31H2,1-6H3,(H,55,66)(H,58,67)(H,59,65)/t34?,36?,39?,40?,42?,47-/m1/s1. The number of para-hydroxylation sites is 1. The van der Waals surface area contributed by atoms with Crippen molar-refractivity contribution in [1.82, 2.24) is 45.4 Å². The molecule has 5 heterocycles. The molecule has 0 bridgehead atoms. The Balaban J connectivity index is 0.790. The van der Waals surface area contributed by atoms with E-state index >= 15 is 0 Å². The number of rotatable bonds is 18. The summed E-state index contributed by atoms with van der Waals surface area (Å²) in [5.74, 6) is 0.466. The summed E-state index contributed by atoms with van der Waals surface area (Å²) >= 11 is 1.57. The highest BCUT2D eigenvalue weighted by atomic mass is 32.2. The first kappa shape index (κ1) is 53.7. The van der Waals surface area contributed by atoms with Gasteiger partial charge in [-0.2, -0.15) is 0 Å². The van der Waals surface area contributed by atoms with Gasteiger partial charge in [0.15, 0.2) is 11.6 Å². The molecule has 1 saturated carbocycles. The van der Waals surface area contributed by atoms with E-state index in [1.807, 2.05) is 64.4 Å². The predicted octanol–water partition coefficient (Wildman–Crippen LogP) is 5.59. The summed E-state index contributed by atoms with van der Waals surface area (Å²) in [5, 5.41) is 19.6. The number of aromatic nitrogens is 3. The predicted molar refractivity (Wildman–Crippen MR) is 281 cm³/mol. The first-order chi connectivity index (χ1) is 34.7. The van der Waals surface area contributed by atoms with Gasteiger partial charge in [0.2, 0.25) is 27.7 Å². The van der Waals surface area contributed by atoms with E-state index < -0.39 is 39.5 Å². The largest absolute Gasteiger partial charge is 0.451 e. The summed E-state index contributed by atoms with van der Waals surface area (Å²) < 4.78 is 32.5. The molecule has 4 aliphatic rings. The number of aliphatic hydroxyl groups excluding tert-OH is 1. The Morgan fingerprint density at radius 1 is 0.959 bits per heavy atom. The Bertz CT molecular complexity index is 2690. The number of carbonyl (C=O) groups is 4. The first-order valence-corrected chi connectivity index (χ1v) is 28.4. The Hall–Kier alpha value is -5.54. The van der Waals surface area contributed by atoms with Crippen LogP contribution in [0.25, 0.3) is 10.4 Å². The second-order valence-electron chi connectivity index (χ2n) is 21.8. The molecular weight excluding hydrogens is 969 g/mol. The lowest BCUT2D eigenvalue weighted by molar-refractivity contribution is -0.144. The number of β-amino-alcohol motifs (C(OH)–C–C–N with tert-alkyl or cyclic N) is 1. The number of anilines is 1. The molecule has 4 amide bonds. The number of sulfonamides is 1. The molecule has 3 unspecified atom stereocenters. The second-order valence-corrected chi connectivity index (χ2v) is 24.4. The molecule has 5 N–H and O–H groups in total. The molecule has 73 heavy (non-hydrogen) atoms. The zero-order valence-electron chi connectivity index (χ0n) is 42.9. The summed E-state index contributed by atoms with van der Waals surface area (Å²) in [5.41, 5.74) is 4.48. The van der Waals surface area contributed by atoms with Crippen molar-refractivity contribution in [2.45, 2.75) is 123 Å². The third kappa shape index (κ3) is 13.6. The maximum atomic E-state index is 14.2. The van der Waals surface area contributed by atoms with Crippen molar-refractivity contribution >= 4 is 50.8 Å². The highest BCUT2D eigenvalue weighted by Crippen LogP contribution is 2.45. The maximum Gasteiger partial charge on any atom is 0.255 e. The summed E-state index contributed by atoms with van der Waals surface area (Å²) in [6.07, 6.45) is 9.88. The first-order valence-electron chi connectivity index (χ1n) is 25.6. The van der Waals surface area contributed by atoms with E-state index in [1.54, 1.807) is 41.8 Å². The maximum absolute atomic E-state index is 14.2. The fourth-order valence-corrected chi connectivity index (χ4v) is 12.5. The molecule has 8 rings (SSSR count). The van der Waals surface area contributed by atoms with Crippen LogP contribution in [-0.4, -0.2) is 138 Å². The van der Waals surface area contributed by atoms with Crippen LogP contribution in [0.5, 0.6) is 11.5 Å². The van der Waals surface area contributed by atoms with E-state index in [0.717, 1.165) is 92.9 Å². The second kappa shape index (κ2) is 22.9. The number of aliphatic hydroxyl groups is 1. The van der Waals surface area contributed by atoms with Gasteiger partial charge in [0.1, 0.15) is 24.2 Å². The van der Waals surface area contributed by atoms with Crippen LogP contribution < -0.4 is 30.3 Å². The lowest BCUT2D eigenvalue weighted by Crippen LogP contribution is -2.61. The zero-order chi connectivity index (χ0) is 52.1. The molecule has 20 heteroatoms. The molecule has 18 nitrogen and oxygen atoms in total. The molecule has 4 fully saturated rings. The number of thiazole rings is 1. The van der Waals surface area contributed by atoms with Crippen LogP contribution in [0, 0.1) is 23.7 Å². The number of amides is 4. The normalized spacial score (nSPS) is 22.0. The molecule has 1 spiro atoms. The van der Waals surface area contributed by atoms with Crippen molar-refractivity contribution in [3.8, 4) is 21.9 Å². The highest BCUT2D eigenvalue weighted by Gasteiger charge is 2.47. The van der Waals surface area contributed by atoms with E-state index in [0.29, 0.717) is 35.2 Å². The van der Waals surface area contributed by atoms with Crippen molar-refractivity contribution in [2.75, 3.05) is 57.0 Å². The number of ether oxygens (including phenoxy) is 1. The van der Waals surface area contributed by atoms with Crippen LogP contribution in [0.4, 0.5) is 5.82 Å². The number of nitrogens with zero attached hydrogens (tertiary/aromatic N) is 6. The third-order valence-corrected chi connectivity index (χ3v) is 16.7. The molecule has 394 valence electrons. The SMILES string of the molecule is Cc1ncsc1-c1ccc(C(C)NC(=O)C2CC(O)CN2C(=O)[C@@H](NC(=O)CCCNC(=O)c2ccccc2Oc2cncnc2N2CC3(CCN(CC4CCC(NS(C)(=O)=O)CC4)CC3)C2)C(C)(C)C)cc1. The van der Waals surface area contributed by atoms with Gasteiger partial charge in [0.25, 0.3) is 5.91 Å². The number of piperidine rings is 1. The van der Waals surface area contributed by atoms with E-state index in [-0.39, 0.29) is 61.2 Å². The van der Waals surface area contributed by atoms with Crippen molar-refractivity contribution in [1.29, 1.82) is 0 Å². The summed E-state index contributed by atoms with van der Waals surface area (Å²) in [4.78, 5) is 75.5. The van der Waals surface area contributed by atoms with Crippen molar-refractivity contribution in [2.24, 2.45) is 16.7 Å².